The number of hydrogen-bond donors (Lipinski definition) is 1. The van der Waals surface area contributed by atoms with Crippen molar-refractivity contribution >= 4 is 5.71 Å². The van der Waals surface area contributed by atoms with Crippen molar-refractivity contribution in [1.82, 2.24) is 5.01 Å². The molecule has 27 heavy (non-hydrogen) atoms. The second-order valence-electron chi connectivity index (χ2n) is 6.61. The molecular formula is C23H22N2O2. The van der Waals surface area contributed by atoms with E-state index in [4.69, 9.17) is 9.84 Å². The van der Waals surface area contributed by atoms with E-state index in [2.05, 4.69) is 41.4 Å². The van der Waals surface area contributed by atoms with E-state index >= 15 is 0 Å². The first-order valence-corrected chi connectivity index (χ1v) is 9.05. The van der Waals surface area contributed by atoms with Crippen molar-refractivity contribution < 1.29 is 9.84 Å². The Kier molecular flexibility index (Phi) is 4.79. The molecule has 1 N–H and O–H groups in total. The second kappa shape index (κ2) is 7.54. The Bertz CT molecular complexity index is 939. The van der Waals surface area contributed by atoms with Crippen molar-refractivity contribution in [2.75, 3.05) is 7.11 Å². The van der Waals surface area contributed by atoms with Crippen LogP contribution >= 0.6 is 0 Å². The molecule has 1 atom stereocenters. The van der Waals surface area contributed by atoms with Crippen LogP contribution in [0, 0.1) is 0 Å². The SMILES string of the molecule is COc1cccc(CN2N=C(c3ccccc3)C[C@H]2c2ccccc2)c1O. The number of rotatable bonds is 5. The first kappa shape index (κ1) is 17.2. The van der Waals surface area contributed by atoms with Crippen molar-refractivity contribution in [1.29, 1.82) is 0 Å². The van der Waals surface area contributed by atoms with E-state index in [0.29, 0.717) is 12.3 Å². The quantitative estimate of drug-likeness (QED) is 0.716. The Balaban J connectivity index is 1.69. The van der Waals surface area contributed by atoms with Gasteiger partial charge in [0.25, 0.3) is 0 Å². The fourth-order valence-corrected chi connectivity index (χ4v) is 3.51. The average Bonchev–Trinajstić information content (AvgIpc) is 3.15. The van der Waals surface area contributed by atoms with Crippen LogP contribution in [-0.4, -0.2) is 22.9 Å². The molecule has 3 aromatic rings. The monoisotopic (exact) mass is 358 g/mol. The summed E-state index contributed by atoms with van der Waals surface area (Å²) in [6.45, 7) is 0.513. The number of aromatic hydroxyl groups is 1. The number of nitrogens with zero attached hydrogens (tertiary/aromatic N) is 2. The Labute approximate surface area is 159 Å². The van der Waals surface area contributed by atoms with Gasteiger partial charge in [-0.05, 0) is 17.2 Å². The average molecular weight is 358 g/mol. The molecule has 0 unspecified atom stereocenters. The number of para-hydroxylation sites is 1. The van der Waals surface area contributed by atoms with Crippen LogP contribution in [-0.2, 0) is 6.54 Å². The molecule has 3 aromatic carbocycles. The Morgan fingerprint density at radius 3 is 2.37 bits per heavy atom. The van der Waals surface area contributed by atoms with E-state index in [-0.39, 0.29) is 11.8 Å². The van der Waals surface area contributed by atoms with E-state index in [1.165, 1.54) is 5.56 Å². The van der Waals surface area contributed by atoms with Gasteiger partial charge in [-0.25, -0.2) is 0 Å². The second-order valence-corrected chi connectivity index (χ2v) is 6.61. The summed E-state index contributed by atoms with van der Waals surface area (Å²) < 4.78 is 5.25. The molecule has 136 valence electrons. The van der Waals surface area contributed by atoms with E-state index in [0.717, 1.165) is 23.3 Å². The third kappa shape index (κ3) is 3.51. The van der Waals surface area contributed by atoms with Gasteiger partial charge in [-0.2, -0.15) is 5.10 Å². The Morgan fingerprint density at radius 2 is 1.67 bits per heavy atom. The van der Waals surface area contributed by atoms with Gasteiger partial charge in [0.2, 0.25) is 0 Å². The maximum atomic E-state index is 10.5. The van der Waals surface area contributed by atoms with Gasteiger partial charge in [-0.15, -0.1) is 0 Å². The molecule has 0 spiro atoms. The molecule has 4 nitrogen and oxygen atoms in total. The fraction of sp³-hybridized carbons (Fsp3) is 0.174. The van der Waals surface area contributed by atoms with Crippen LogP contribution in [0.5, 0.6) is 11.5 Å². The number of benzene rings is 3. The highest BCUT2D eigenvalue weighted by molar-refractivity contribution is 6.01. The molecule has 0 saturated carbocycles. The molecule has 0 bridgehead atoms. The Hall–Kier alpha value is -3.27. The van der Waals surface area contributed by atoms with Crippen molar-refractivity contribution in [2.45, 2.75) is 19.0 Å². The van der Waals surface area contributed by atoms with Gasteiger partial charge in [0.1, 0.15) is 0 Å². The normalized spacial score (nSPS) is 16.3. The van der Waals surface area contributed by atoms with Crippen molar-refractivity contribution in [3.05, 3.63) is 95.6 Å². The zero-order valence-corrected chi connectivity index (χ0v) is 15.2. The lowest BCUT2D eigenvalue weighted by atomic mass is 9.98. The summed E-state index contributed by atoms with van der Waals surface area (Å²) in [5.74, 6) is 0.658. The molecule has 0 amide bonds. The highest BCUT2D eigenvalue weighted by atomic mass is 16.5. The molecule has 0 fully saturated rings. The van der Waals surface area contributed by atoms with E-state index in [1.807, 2.05) is 36.4 Å². The minimum Gasteiger partial charge on any atom is -0.504 e. The zero-order valence-electron chi connectivity index (χ0n) is 15.2. The number of phenols is 1. The first-order chi connectivity index (χ1) is 13.3. The summed E-state index contributed by atoms with van der Waals surface area (Å²) in [7, 11) is 1.56. The molecule has 0 aliphatic carbocycles. The number of hydrogen-bond acceptors (Lipinski definition) is 4. The Morgan fingerprint density at radius 1 is 0.963 bits per heavy atom. The summed E-state index contributed by atoms with van der Waals surface area (Å²) in [6.07, 6.45) is 0.832. The molecule has 0 saturated heterocycles. The third-order valence-corrected chi connectivity index (χ3v) is 4.92. The highest BCUT2D eigenvalue weighted by Crippen LogP contribution is 2.37. The van der Waals surface area contributed by atoms with Gasteiger partial charge in [0.05, 0.1) is 25.4 Å². The predicted octanol–water partition coefficient (Wildman–Crippen LogP) is 4.75. The maximum absolute atomic E-state index is 10.5. The van der Waals surface area contributed by atoms with Crippen LogP contribution in [0.1, 0.15) is 29.2 Å². The van der Waals surface area contributed by atoms with Gasteiger partial charge in [0.15, 0.2) is 11.5 Å². The summed E-state index contributed by atoms with van der Waals surface area (Å²) in [4.78, 5) is 0. The molecule has 1 aliphatic rings. The lowest BCUT2D eigenvalue weighted by Crippen LogP contribution is -2.19. The molecular weight excluding hydrogens is 336 g/mol. The number of methoxy groups -OCH3 is 1. The summed E-state index contributed by atoms with van der Waals surface area (Å²) in [6, 6.07) is 26.4. The summed E-state index contributed by atoms with van der Waals surface area (Å²) in [5.41, 5.74) is 4.21. The lowest BCUT2D eigenvalue weighted by Gasteiger charge is -2.24. The minimum absolute atomic E-state index is 0.131. The first-order valence-electron chi connectivity index (χ1n) is 9.05. The van der Waals surface area contributed by atoms with Gasteiger partial charge < -0.3 is 9.84 Å². The molecule has 1 aliphatic heterocycles. The number of ether oxygens (including phenoxy) is 1. The molecule has 1 heterocycles. The summed E-state index contributed by atoms with van der Waals surface area (Å²) in [5, 5.41) is 17.5. The van der Waals surface area contributed by atoms with Gasteiger partial charge >= 0.3 is 0 Å². The van der Waals surface area contributed by atoms with Crippen molar-refractivity contribution in [3.63, 3.8) is 0 Å². The minimum atomic E-state index is 0.131. The standard InChI is InChI=1S/C23H22N2O2/c1-27-22-14-8-13-19(23(22)26)16-25-21(18-11-6-3-7-12-18)15-20(24-25)17-9-4-2-5-10-17/h2-14,21,26H,15-16H2,1H3/t21-/m0/s1. The maximum Gasteiger partial charge on any atom is 0.162 e. The van der Waals surface area contributed by atoms with E-state index in [1.54, 1.807) is 13.2 Å². The molecule has 4 rings (SSSR count). The largest absolute Gasteiger partial charge is 0.504 e. The van der Waals surface area contributed by atoms with Gasteiger partial charge in [-0.1, -0.05) is 72.8 Å². The number of phenolic OH excluding ortho intramolecular Hbond substituents is 1. The predicted molar refractivity (Wildman–Crippen MR) is 107 cm³/mol. The lowest BCUT2D eigenvalue weighted by molar-refractivity contribution is 0.220. The smallest absolute Gasteiger partial charge is 0.162 e. The fourth-order valence-electron chi connectivity index (χ4n) is 3.51. The topological polar surface area (TPSA) is 45.1 Å². The molecule has 0 aromatic heterocycles. The summed E-state index contributed by atoms with van der Waals surface area (Å²) >= 11 is 0. The zero-order chi connectivity index (χ0) is 18.6. The van der Waals surface area contributed by atoms with Gasteiger partial charge in [-0.3, -0.25) is 5.01 Å². The van der Waals surface area contributed by atoms with Crippen LogP contribution in [0.15, 0.2) is 84.0 Å². The molecule has 4 heteroatoms. The van der Waals surface area contributed by atoms with Crippen molar-refractivity contribution in [2.24, 2.45) is 5.10 Å². The van der Waals surface area contributed by atoms with Gasteiger partial charge in [0, 0.05) is 12.0 Å². The highest BCUT2D eigenvalue weighted by Gasteiger charge is 2.29. The van der Waals surface area contributed by atoms with E-state index < -0.39 is 0 Å². The van der Waals surface area contributed by atoms with Crippen LogP contribution < -0.4 is 4.74 Å². The van der Waals surface area contributed by atoms with Crippen LogP contribution in [0.25, 0.3) is 0 Å². The van der Waals surface area contributed by atoms with E-state index in [9.17, 15) is 5.11 Å². The third-order valence-electron chi connectivity index (χ3n) is 4.92. The van der Waals surface area contributed by atoms with Crippen LogP contribution in [0.4, 0.5) is 0 Å². The number of hydrazone groups is 1. The molecule has 0 radical (unpaired) electrons. The van der Waals surface area contributed by atoms with Crippen molar-refractivity contribution in [3.8, 4) is 11.5 Å². The van der Waals surface area contributed by atoms with Crippen LogP contribution in [0.3, 0.4) is 0 Å². The van der Waals surface area contributed by atoms with Crippen LogP contribution in [0.2, 0.25) is 0 Å².